The Kier molecular flexibility index (Phi) is 7.16. The summed E-state index contributed by atoms with van der Waals surface area (Å²) in [4.78, 5) is 15.9. The number of carbonyl (C=O) groups excluding carboxylic acids is 1. The minimum absolute atomic E-state index is 0.299. The average molecular weight is 583 g/mol. The molecular weight excluding hydrogens is 568 g/mol. The van der Waals surface area contributed by atoms with E-state index in [1.807, 2.05) is 42.5 Å². The van der Waals surface area contributed by atoms with E-state index >= 15 is 0 Å². The van der Waals surface area contributed by atoms with Crippen molar-refractivity contribution in [1.29, 1.82) is 0 Å². The van der Waals surface area contributed by atoms with Crippen LogP contribution < -0.4 is 10.2 Å². The summed E-state index contributed by atoms with van der Waals surface area (Å²) in [5, 5.41) is 4.02. The number of benzene rings is 2. The van der Waals surface area contributed by atoms with Crippen LogP contribution in [-0.4, -0.2) is 17.1 Å². The van der Waals surface area contributed by atoms with Crippen LogP contribution in [0.1, 0.15) is 21.5 Å². The Morgan fingerprint density at radius 1 is 1.11 bits per heavy atom. The predicted octanol–water partition coefficient (Wildman–Crippen LogP) is 4.63. The highest BCUT2D eigenvalue weighted by Crippen LogP contribution is 2.29. The normalized spacial score (nSPS) is 10.7. The van der Waals surface area contributed by atoms with Gasteiger partial charge in [-0.25, -0.2) is 5.43 Å². The second-order valence-corrected chi connectivity index (χ2v) is 7.85. The molecule has 1 N–H and O–H groups in total. The summed E-state index contributed by atoms with van der Waals surface area (Å²) >= 11 is 4.48. The topological polar surface area (TPSA) is 63.6 Å². The molecular formula is C20H15I2N3O2. The van der Waals surface area contributed by atoms with Gasteiger partial charge in [-0.1, -0.05) is 30.3 Å². The lowest BCUT2D eigenvalue weighted by Crippen LogP contribution is -2.17. The maximum atomic E-state index is 12.0. The third kappa shape index (κ3) is 5.73. The third-order valence-electron chi connectivity index (χ3n) is 3.55. The van der Waals surface area contributed by atoms with Gasteiger partial charge in [0.1, 0.15) is 12.4 Å². The van der Waals surface area contributed by atoms with Gasteiger partial charge < -0.3 is 4.74 Å². The number of amides is 1. The number of carbonyl (C=O) groups is 1. The minimum atomic E-state index is -0.299. The van der Waals surface area contributed by atoms with E-state index < -0.39 is 0 Å². The number of pyridine rings is 1. The summed E-state index contributed by atoms with van der Waals surface area (Å²) in [6.45, 7) is 0.515. The molecule has 0 radical (unpaired) electrons. The number of hydrogen-bond acceptors (Lipinski definition) is 4. The van der Waals surface area contributed by atoms with Crippen molar-refractivity contribution >= 4 is 57.3 Å². The standard InChI is InChI=1S/C20H15I2N3O2/c21-17-9-15(11-24-25-20(26)16-7-4-8-23-12-16)10-18(22)19(17)27-13-14-5-2-1-3-6-14/h1-12H,13H2,(H,25,26)/b24-11+. The summed E-state index contributed by atoms with van der Waals surface area (Å²) in [5.41, 5.74) is 4.96. The fraction of sp³-hybridized carbons (Fsp3) is 0.0500. The van der Waals surface area contributed by atoms with Crippen LogP contribution in [0.25, 0.3) is 0 Å². The number of hydrazone groups is 1. The molecule has 0 spiro atoms. The third-order valence-corrected chi connectivity index (χ3v) is 5.15. The molecule has 3 rings (SSSR count). The van der Waals surface area contributed by atoms with E-state index in [-0.39, 0.29) is 5.91 Å². The maximum Gasteiger partial charge on any atom is 0.272 e. The van der Waals surface area contributed by atoms with E-state index in [2.05, 4.69) is 60.7 Å². The van der Waals surface area contributed by atoms with Crippen molar-refractivity contribution in [3.8, 4) is 5.75 Å². The zero-order valence-corrected chi connectivity index (χ0v) is 18.4. The number of nitrogens with one attached hydrogen (secondary N) is 1. The monoisotopic (exact) mass is 583 g/mol. The molecule has 0 aliphatic heterocycles. The highest BCUT2D eigenvalue weighted by Gasteiger charge is 2.09. The van der Waals surface area contributed by atoms with E-state index in [1.165, 1.54) is 6.20 Å². The first-order valence-corrected chi connectivity index (χ1v) is 10.2. The van der Waals surface area contributed by atoms with Crippen molar-refractivity contribution in [2.75, 3.05) is 0 Å². The number of rotatable bonds is 6. The van der Waals surface area contributed by atoms with Gasteiger partial charge in [-0.3, -0.25) is 9.78 Å². The fourth-order valence-corrected chi connectivity index (χ4v) is 4.38. The van der Waals surface area contributed by atoms with Crippen molar-refractivity contribution in [2.45, 2.75) is 6.61 Å². The SMILES string of the molecule is O=C(N/N=C/c1cc(I)c(OCc2ccccc2)c(I)c1)c1cccnc1. The molecule has 0 aliphatic carbocycles. The molecule has 0 unspecified atom stereocenters. The lowest BCUT2D eigenvalue weighted by Gasteiger charge is -2.11. The molecule has 2 aromatic carbocycles. The summed E-state index contributed by atoms with van der Waals surface area (Å²) in [7, 11) is 0. The lowest BCUT2D eigenvalue weighted by atomic mass is 10.2. The Hall–Kier alpha value is -2.01. The van der Waals surface area contributed by atoms with Crippen LogP contribution in [0.3, 0.4) is 0 Å². The molecule has 0 saturated heterocycles. The first-order chi connectivity index (χ1) is 13.1. The molecule has 0 saturated carbocycles. The number of hydrogen-bond donors (Lipinski definition) is 1. The highest BCUT2D eigenvalue weighted by molar-refractivity contribution is 14.1. The molecule has 0 bridgehead atoms. The van der Waals surface area contributed by atoms with Crippen LogP contribution in [0.5, 0.6) is 5.75 Å². The van der Waals surface area contributed by atoms with Crippen LogP contribution in [-0.2, 0) is 6.61 Å². The second kappa shape index (κ2) is 9.79. The zero-order valence-electron chi connectivity index (χ0n) is 14.1. The molecule has 1 amide bonds. The van der Waals surface area contributed by atoms with E-state index in [4.69, 9.17) is 4.74 Å². The first kappa shape index (κ1) is 19.7. The molecule has 3 aromatic rings. The molecule has 136 valence electrons. The number of ether oxygens (including phenoxy) is 1. The van der Waals surface area contributed by atoms with E-state index in [1.54, 1.807) is 24.5 Å². The van der Waals surface area contributed by atoms with Crippen LogP contribution in [0, 0.1) is 7.14 Å². The molecule has 0 atom stereocenters. The Bertz CT molecular complexity index is 925. The van der Waals surface area contributed by atoms with Crippen molar-refractivity contribution < 1.29 is 9.53 Å². The van der Waals surface area contributed by atoms with Gasteiger partial charge in [-0.05, 0) is 80.6 Å². The quantitative estimate of drug-likeness (QED) is 0.262. The summed E-state index contributed by atoms with van der Waals surface area (Å²) < 4.78 is 7.94. The van der Waals surface area contributed by atoms with Gasteiger partial charge in [0.15, 0.2) is 0 Å². The zero-order chi connectivity index (χ0) is 19.1. The van der Waals surface area contributed by atoms with E-state index in [0.717, 1.165) is 24.0 Å². The van der Waals surface area contributed by atoms with Crippen LogP contribution >= 0.6 is 45.2 Å². The van der Waals surface area contributed by atoms with Gasteiger partial charge in [-0.2, -0.15) is 5.10 Å². The molecule has 0 aliphatic rings. The van der Waals surface area contributed by atoms with Gasteiger partial charge in [0.25, 0.3) is 5.91 Å². The average Bonchev–Trinajstić information content (AvgIpc) is 2.69. The largest absolute Gasteiger partial charge is 0.487 e. The first-order valence-electron chi connectivity index (χ1n) is 8.02. The number of halogens is 2. The summed E-state index contributed by atoms with van der Waals surface area (Å²) in [6.07, 6.45) is 4.72. The number of nitrogens with zero attached hydrogens (tertiary/aromatic N) is 2. The molecule has 27 heavy (non-hydrogen) atoms. The molecule has 1 heterocycles. The summed E-state index contributed by atoms with van der Waals surface area (Å²) in [6, 6.07) is 17.4. The Morgan fingerprint density at radius 2 is 1.85 bits per heavy atom. The Balaban J connectivity index is 1.64. The highest BCUT2D eigenvalue weighted by atomic mass is 127. The van der Waals surface area contributed by atoms with Crippen molar-refractivity contribution in [3.05, 3.63) is 90.8 Å². The fourth-order valence-electron chi connectivity index (χ4n) is 2.25. The lowest BCUT2D eigenvalue weighted by molar-refractivity contribution is 0.0955. The van der Waals surface area contributed by atoms with Crippen LogP contribution in [0.2, 0.25) is 0 Å². The van der Waals surface area contributed by atoms with Gasteiger partial charge in [-0.15, -0.1) is 0 Å². The summed E-state index contributed by atoms with van der Waals surface area (Å²) in [5.74, 6) is 0.545. The van der Waals surface area contributed by atoms with Gasteiger partial charge >= 0.3 is 0 Å². The van der Waals surface area contributed by atoms with Crippen LogP contribution in [0.4, 0.5) is 0 Å². The minimum Gasteiger partial charge on any atom is -0.487 e. The molecule has 5 nitrogen and oxygen atoms in total. The van der Waals surface area contributed by atoms with Crippen LogP contribution in [0.15, 0.2) is 72.1 Å². The maximum absolute atomic E-state index is 12.0. The molecule has 1 aromatic heterocycles. The Labute approximate surface area is 184 Å². The smallest absolute Gasteiger partial charge is 0.272 e. The van der Waals surface area contributed by atoms with E-state index in [0.29, 0.717) is 12.2 Å². The van der Waals surface area contributed by atoms with Gasteiger partial charge in [0, 0.05) is 12.4 Å². The predicted molar refractivity (Wildman–Crippen MR) is 122 cm³/mol. The van der Waals surface area contributed by atoms with Crippen molar-refractivity contribution in [1.82, 2.24) is 10.4 Å². The number of aromatic nitrogens is 1. The second-order valence-electron chi connectivity index (χ2n) is 5.53. The van der Waals surface area contributed by atoms with E-state index in [9.17, 15) is 4.79 Å². The van der Waals surface area contributed by atoms with Crippen molar-refractivity contribution in [3.63, 3.8) is 0 Å². The molecule has 0 fully saturated rings. The Morgan fingerprint density at radius 3 is 2.52 bits per heavy atom. The van der Waals surface area contributed by atoms with Gasteiger partial charge in [0.05, 0.1) is 18.9 Å². The molecule has 7 heteroatoms. The van der Waals surface area contributed by atoms with Gasteiger partial charge in [0.2, 0.25) is 0 Å². The van der Waals surface area contributed by atoms with Crippen molar-refractivity contribution in [2.24, 2.45) is 5.10 Å².